The first-order valence-electron chi connectivity index (χ1n) is 11.7. The lowest BCUT2D eigenvalue weighted by Gasteiger charge is -2.27. The lowest BCUT2D eigenvalue weighted by Crippen LogP contribution is -2.40. The van der Waals surface area contributed by atoms with E-state index >= 15 is 0 Å². The fourth-order valence-electron chi connectivity index (χ4n) is 3.82. The maximum Gasteiger partial charge on any atom is 0.238 e. The third kappa shape index (κ3) is 6.69. The number of hydrogen-bond donors (Lipinski definition) is 2. The van der Waals surface area contributed by atoms with Crippen molar-refractivity contribution in [3.05, 3.63) is 95.9 Å². The van der Waals surface area contributed by atoms with E-state index in [0.29, 0.717) is 11.4 Å². The van der Waals surface area contributed by atoms with Crippen molar-refractivity contribution in [3.8, 4) is 23.1 Å². The number of nitrogens with one attached hydrogen (secondary N) is 2. The zero-order chi connectivity index (χ0) is 24.5. The molecular weight excluding hydrogens is 436 g/mol. The number of fused-ring (bicyclic) bond motifs is 1. The number of ether oxygens (including phenoxy) is 1. The van der Waals surface area contributed by atoms with Crippen LogP contribution in [0.2, 0.25) is 0 Å². The highest BCUT2D eigenvalue weighted by Gasteiger charge is 2.22. The van der Waals surface area contributed by atoms with Crippen LogP contribution in [-0.2, 0) is 13.5 Å². The first kappa shape index (κ1) is 24.0. The Hall–Kier alpha value is -4.15. The zero-order valence-corrected chi connectivity index (χ0v) is 20.1. The minimum Gasteiger partial charge on any atom is -0.470 e. The molecule has 4 aromatic rings. The molecule has 0 amide bonds. The van der Waals surface area contributed by atoms with Gasteiger partial charge in [0.2, 0.25) is 5.88 Å². The van der Waals surface area contributed by atoms with Crippen molar-refractivity contribution in [3.63, 3.8) is 0 Å². The quantitative estimate of drug-likeness (QED) is 0.411. The Labute approximate surface area is 206 Å². The van der Waals surface area contributed by atoms with Crippen LogP contribution >= 0.6 is 0 Å². The summed E-state index contributed by atoms with van der Waals surface area (Å²) in [6, 6.07) is 23.9. The van der Waals surface area contributed by atoms with Crippen LogP contribution < -0.4 is 15.4 Å². The average Bonchev–Trinajstić information content (AvgIpc) is 3.33. The summed E-state index contributed by atoms with van der Waals surface area (Å²) >= 11 is 0. The molecule has 2 N–H and O–H groups in total. The Balaban J connectivity index is 0.000000421. The van der Waals surface area contributed by atoms with Crippen LogP contribution in [0.4, 0.5) is 5.69 Å². The monoisotopic (exact) mass is 466 g/mol. The van der Waals surface area contributed by atoms with Crippen molar-refractivity contribution in [1.29, 1.82) is 5.26 Å². The molecule has 0 radical (unpaired) electrons. The SMILES string of the molecule is Cc1nc2c(cc1-c1cnn(C)c1)NCC(CNCCc1ccc(C#N)cc1)O2.c1ccccc1. The summed E-state index contributed by atoms with van der Waals surface area (Å²) < 4.78 is 7.89. The topological polar surface area (TPSA) is 87.8 Å². The molecule has 0 aliphatic carbocycles. The lowest BCUT2D eigenvalue weighted by molar-refractivity contribution is 0.194. The first-order chi connectivity index (χ1) is 17.1. The molecule has 7 nitrogen and oxygen atoms in total. The standard InChI is InChI=1S/C22H24N6O.C6H6/c1-15-20(18-11-26-28(2)14-18)9-21-22(27-15)29-19(13-25-21)12-24-8-7-16-3-5-17(10-23)6-4-16;1-2-4-6-5-3-1/h3-6,9,11,14,19,24-25H,7-8,12-13H2,1-2H3;1-6H. The van der Waals surface area contributed by atoms with E-state index in [2.05, 4.69) is 32.9 Å². The van der Waals surface area contributed by atoms with Gasteiger partial charge in [-0.1, -0.05) is 48.5 Å². The second kappa shape index (κ2) is 11.8. The van der Waals surface area contributed by atoms with Gasteiger partial charge in [-0.2, -0.15) is 10.4 Å². The van der Waals surface area contributed by atoms with Gasteiger partial charge in [0.25, 0.3) is 0 Å². The molecule has 2 aromatic carbocycles. The first-order valence-corrected chi connectivity index (χ1v) is 11.7. The number of anilines is 1. The third-order valence-corrected chi connectivity index (χ3v) is 5.70. The van der Waals surface area contributed by atoms with Crippen molar-refractivity contribution < 1.29 is 4.74 Å². The Bertz CT molecular complexity index is 1230. The number of nitrogens with zero attached hydrogens (tertiary/aromatic N) is 4. The molecule has 35 heavy (non-hydrogen) atoms. The number of aryl methyl sites for hydroxylation is 2. The smallest absolute Gasteiger partial charge is 0.238 e. The number of pyridine rings is 1. The second-order valence-corrected chi connectivity index (χ2v) is 8.42. The molecule has 0 spiro atoms. The van der Waals surface area contributed by atoms with Crippen LogP contribution in [0.1, 0.15) is 16.8 Å². The van der Waals surface area contributed by atoms with Gasteiger partial charge in [0.1, 0.15) is 6.10 Å². The average molecular weight is 467 g/mol. The number of aromatic nitrogens is 3. The number of hydrogen-bond acceptors (Lipinski definition) is 6. The predicted molar refractivity (Wildman–Crippen MR) is 138 cm³/mol. The maximum absolute atomic E-state index is 8.86. The summed E-state index contributed by atoms with van der Waals surface area (Å²) in [5.74, 6) is 0.653. The van der Waals surface area contributed by atoms with Gasteiger partial charge < -0.3 is 15.4 Å². The Morgan fingerprint density at radius 1 is 1.14 bits per heavy atom. The number of rotatable bonds is 6. The Morgan fingerprint density at radius 3 is 2.49 bits per heavy atom. The van der Waals surface area contributed by atoms with E-state index in [1.54, 1.807) is 4.68 Å². The predicted octanol–water partition coefficient (Wildman–Crippen LogP) is 4.35. The third-order valence-electron chi connectivity index (χ3n) is 5.70. The second-order valence-electron chi connectivity index (χ2n) is 8.42. The molecule has 0 fully saturated rings. The summed E-state index contributed by atoms with van der Waals surface area (Å²) in [4.78, 5) is 4.67. The minimum atomic E-state index is 0.0274. The van der Waals surface area contributed by atoms with Gasteiger partial charge in [-0.3, -0.25) is 4.68 Å². The molecule has 0 saturated heterocycles. The largest absolute Gasteiger partial charge is 0.470 e. The Kier molecular flexibility index (Phi) is 8.10. The van der Waals surface area contributed by atoms with Crippen LogP contribution in [0.25, 0.3) is 11.1 Å². The van der Waals surface area contributed by atoms with Crippen LogP contribution in [-0.4, -0.2) is 40.5 Å². The molecular formula is C28H30N6O. The van der Waals surface area contributed by atoms with Crippen molar-refractivity contribution in [2.45, 2.75) is 19.4 Å². The molecule has 178 valence electrons. The van der Waals surface area contributed by atoms with Gasteiger partial charge in [0, 0.05) is 36.6 Å². The van der Waals surface area contributed by atoms with Gasteiger partial charge in [-0.05, 0) is 43.7 Å². The van der Waals surface area contributed by atoms with E-state index in [0.717, 1.165) is 48.6 Å². The van der Waals surface area contributed by atoms with Crippen molar-refractivity contribution in [2.75, 3.05) is 25.0 Å². The van der Waals surface area contributed by atoms with Gasteiger partial charge in [0.15, 0.2) is 0 Å². The molecule has 1 aliphatic rings. The highest BCUT2D eigenvalue weighted by atomic mass is 16.5. The normalized spacial score (nSPS) is 13.9. The van der Waals surface area contributed by atoms with Gasteiger partial charge in [-0.25, -0.2) is 4.98 Å². The summed E-state index contributed by atoms with van der Waals surface area (Å²) in [7, 11) is 1.91. The lowest BCUT2D eigenvalue weighted by atomic mass is 10.1. The van der Waals surface area contributed by atoms with E-state index in [9.17, 15) is 0 Å². The summed E-state index contributed by atoms with van der Waals surface area (Å²) in [6.07, 6.45) is 4.77. The highest BCUT2D eigenvalue weighted by molar-refractivity contribution is 5.72. The van der Waals surface area contributed by atoms with E-state index < -0.39 is 0 Å². The number of benzene rings is 2. The van der Waals surface area contributed by atoms with Gasteiger partial charge in [0.05, 0.1) is 30.1 Å². The fourth-order valence-corrected chi connectivity index (χ4v) is 3.82. The molecule has 3 heterocycles. The van der Waals surface area contributed by atoms with Crippen molar-refractivity contribution in [2.24, 2.45) is 7.05 Å². The van der Waals surface area contributed by atoms with Gasteiger partial charge in [-0.15, -0.1) is 0 Å². The molecule has 7 heteroatoms. The summed E-state index contributed by atoms with van der Waals surface area (Å²) in [5, 5.41) is 20.0. The van der Waals surface area contributed by atoms with Crippen molar-refractivity contribution >= 4 is 5.69 Å². The molecule has 2 aromatic heterocycles. The fraction of sp³-hybridized carbons (Fsp3) is 0.250. The van der Waals surface area contributed by atoms with Crippen LogP contribution in [0.3, 0.4) is 0 Å². The molecule has 1 aliphatic heterocycles. The molecule has 0 bridgehead atoms. The van der Waals surface area contributed by atoms with E-state index in [4.69, 9.17) is 10.00 Å². The summed E-state index contributed by atoms with van der Waals surface area (Å²) in [5.41, 5.74) is 5.86. The zero-order valence-electron chi connectivity index (χ0n) is 20.1. The highest BCUT2D eigenvalue weighted by Crippen LogP contribution is 2.33. The maximum atomic E-state index is 8.86. The van der Waals surface area contributed by atoms with E-state index in [-0.39, 0.29) is 6.10 Å². The van der Waals surface area contributed by atoms with E-state index in [1.165, 1.54) is 5.56 Å². The van der Waals surface area contributed by atoms with Gasteiger partial charge >= 0.3 is 0 Å². The van der Waals surface area contributed by atoms with E-state index in [1.807, 2.05) is 87.0 Å². The molecule has 5 rings (SSSR count). The molecule has 1 unspecified atom stereocenters. The summed E-state index contributed by atoms with van der Waals surface area (Å²) in [6.45, 7) is 4.32. The molecule has 0 saturated carbocycles. The Morgan fingerprint density at radius 2 is 1.86 bits per heavy atom. The number of nitriles is 1. The van der Waals surface area contributed by atoms with Crippen LogP contribution in [0.15, 0.2) is 79.1 Å². The minimum absolute atomic E-state index is 0.0274. The van der Waals surface area contributed by atoms with Crippen LogP contribution in [0, 0.1) is 18.3 Å². The molecule has 1 atom stereocenters. The van der Waals surface area contributed by atoms with Crippen LogP contribution in [0.5, 0.6) is 5.88 Å². The van der Waals surface area contributed by atoms with Crippen molar-refractivity contribution in [1.82, 2.24) is 20.1 Å².